The average Bonchev–Trinajstić information content (AvgIpc) is 2.87. The standard InChI is InChI=1S/C18H19N3O2S/c1-11-7-8-19-10-13(11)12-5-6-14-15(9-12)24-16(20-14)21(17(22)23)18(2,3)4/h5-10H,1-4H3,(H,22,23). The van der Waals surface area contributed by atoms with E-state index < -0.39 is 11.6 Å². The molecule has 3 rings (SSSR count). The van der Waals surface area contributed by atoms with Crippen LogP contribution in [0.4, 0.5) is 9.93 Å². The monoisotopic (exact) mass is 341 g/mol. The summed E-state index contributed by atoms with van der Waals surface area (Å²) in [5.41, 5.74) is 3.52. The lowest BCUT2D eigenvalue weighted by molar-refractivity contribution is 0.195. The van der Waals surface area contributed by atoms with Crippen molar-refractivity contribution < 1.29 is 9.90 Å². The van der Waals surface area contributed by atoms with Crippen LogP contribution in [-0.2, 0) is 0 Å². The number of carboxylic acid groups (broad SMARTS) is 1. The maximum absolute atomic E-state index is 11.6. The number of benzene rings is 1. The van der Waals surface area contributed by atoms with Gasteiger partial charge in [-0.25, -0.2) is 14.7 Å². The molecule has 0 spiro atoms. The second-order valence-corrected chi connectivity index (χ2v) is 7.67. The molecule has 5 nitrogen and oxygen atoms in total. The molecule has 1 amide bonds. The molecule has 124 valence electrons. The number of amides is 1. The zero-order valence-corrected chi connectivity index (χ0v) is 14.9. The smallest absolute Gasteiger partial charge is 0.414 e. The molecule has 3 aromatic rings. The van der Waals surface area contributed by atoms with Crippen LogP contribution in [0.1, 0.15) is 26.3 Å². The zero-order valence-electron chi connectivity index (χ0n) is 14.1. The SMILES string of the molecule is Cc1ccncc1-c1ccc2nc(N(C(=O)O)C(C)(C)C)sc2c1. The minimum atomic E-state index is -0.995. The molecule has 0 radical (unpaired) electrons. The summed E-state index contributed by atoms with van der Waals surface area (Å²) in [6.45, 7) is 7.62. The van der Waals surface area contributed by atoms with Gasteiger partial charge in [-0.1, -0.05) is 17.4 Å². The van der Waals surface area contributed by atoms with Gasteiger partial charge in [0.2, 0.25) is 0 Å². The second kappa shape index (κ2) is 5.87. The Kier molecular flexibility index (Phi) is 4.01. The fourth-order valence-electron chi connectivity index (χ4n) is 2.60. The maximum atomic E-state index is 11.6. The van der Waals surface area contributed by atoms with E-state index in [2.05, 4.69) is 9.97 Å². The number of aromatic nitrogens is 2. The van der Waals surface area contributed by atoms with Crippen LogP contribution in [0.25, 0.3) is 21.3 Å². The summed E-state index contributed by atoms with van der Waals surface area (Å²) in [4.78, 5) is 21.7. The van der Waals surface area contributed by atoms with Crippen molar-refractivity contribution >= 4 is 32.8 Å². The average molecular weight is 341 g/mol. The Labute approximate surface area is 144 Å². The van der Waals surface area contributed by atoms with E-state index in [0.717, 1.165) is 26.9 Å². The van der Waals surface area contributed by atoms with Gasteiger partial charge in [-0.3, -0.25) is 4.98 Å². The summed E-state index contributed by atoms with van der Waals surface area (Å²) < 4.78 is 0.959. The lowest BCUT2D eigenvalue weighted by Gasteiger charge is -2.30. The lowest BCUT2D eigenvalue weighted by atomic mass is 10.0. The molecule has 1 N–H and O–H groups in total. The van der Waals surface area contributed by atoms with Gasteiger partial charge >= 0.3 is 6.09 Å². The van der Waals surface area contributed by atoms with Gasteiger partial charge in [0.05, 0.1) is 10.2 Å². The summed E-state index contributed by atoms with van der Waals surface area (Å²) >= 11 is 1.39. The van der Waals surface area contributed by atoms with Crippen LogP contribution in [0.5, 0.6) is 0 Å². The van der Waals surface area contributed by atoms with Crippen molar-refractivity contribution in [3.63, 3.8) is 0 Å². The van der Waals surface area contributed by atoms with Gasteiger partial charge in [0.1, 0.15) is 0 Å². The van der Waals surface area contributed by atoms with Crippen molar-refractivity contribution in [3.8, 4) is 11.1 Å². The highest BCUT2D eigenvalue weighted by Gasteiger charge is 2.30. The third-order valence-corrected chi connectivity index (χ3v) is 4.78. The van der Waals surface area contributed by atoms with Gasteiger partial charge in [0.25, 0.3) is 0 Å². The molecular formula is C18H19N3O2S. The Balaban J connectivity index is 2.10. The van der Waals surface area contributed by atoms with Crippen LogP contribution < -0.4 is 4.90 Å². The molecule has 0 saturated heterocycles. The molecule has 0 aliphatic carbocycles. The highest BCUT2D eigenvalue weighted by molar-refractivity contribution is 7.22. The van der Waals surface area contributed by atoms with Crippen LogP contribution in [0, 0.1) is 6.92 Å². The van der Waals surface area contributed by atoms with Crippen molar-refractivity contribution in [2.45, 2.75) is 33.2 Å². The first-order valence-electron chi connectivity index (χ1n) is 7.62. The lowest BCUT2D eigenvalue weighted by Crippen LogP contribution is -2.45. The third-order valence-electron chi connectivity index (χ3n) is 3.78. The number of hydrogen-bond acceptors (Lipinski definition) is 4. The van der Waals surface area contributed by atoms with E-state index in [-0.39, 0.29) is 0 Å². The number of nitrogens with zero attached hydrogens (tertiary/aromatic N) is 3. The van der Waals surface area contributed by atoms with Gasteiger partial charge in [-0.05, 0) is 57.0 Å². The summed E-state index contributed by atoms with van der Waals surface area (Å²) in [6.07, 6.45) is 2.62. The Morgan fingerprint density at radius 3 is 2.62 bits per heavy atom. The normalized spacial score (nSPS) is 11.7. The Bertz CT molecular complexity index is 912. The fraction of sp³-hybridized carbons (Fsp3) is 0.278. The Morgan fingerprint density at radius 1 is 1.25 bits per heavy atom. The number of hydrogen-bond donors (Lipinski definition) is 1. The van der Waals surface area contributed by atoms with E-state index in [4.69, 9.17) is 0 Å². The molecule has 2 aromatic heterocycles. The molecule has 6 heteroatoms. The molecule has 0 bridgehead atoms. The molecule has 0 aliphatic rings. The summed E-state index contributed by atoms with van der Waals surface area (Å²) in [7, 11) is 0. The summed E-state index contributed by atoms with van der Waals surface area (Å²) in [5, 5.41) is 10.0. The third kappa shape index (κ3) is 2.97. The van der Waals surface area contributed by atoms with Crippen molar-refractivity contribution in [1.82, 2.24) is 9.97 Å². The molecule has 24 heavy (non-hydrogen) atoms. The largest absolute Gasteiger partial charge is 0.465 e. The molecule has 0 unspecified atom stereocenters. The predicted octanol–water partition coefficient (Wildman–Crippen LogP) is 4.95. The van der Waals surface area contributed by atoms with E-state index in [0.29, 0.717) is 5.13 Å². The van der Waals surface area contributed by atoms with Crippen molar-refractivity contribution in [2.24, 2.45) is 0 Å². The number of fused-ring (bicyclic) bond motifs is 1. The van der Waals surface area contributed by atoms with Gasteiger partial charge in [-0.15, -0.1) is 0 Å². The first-order chi connectivity index (χ1) is 11.3. The number of pyridine rings is 1. The first-order valence-corrected chi connectivity index (χ1v) is 8.44. The van der Waals surface area contributed by atoms with Crippen LogP contribution in [0.15, 0.2) is 36.7 Å². The molecular weight excluding hydrogens is 322 g/mol. The van der Waals surface area contributed by atoms with Crippen LogP contribution in [0.2, 0.25) is 0 Å². The highest BCUT2D eigenvalue weighted by atomic mass is 32.1. The molecule has 0 aliphatic heterocycles. The Morgan fingerprint density at radius 2 is 2.00 bits per heavy atom. The molecule has 0 saturated carbocycles. The van der Waals surface area contributed by atoms with Crippen LogP contribution in [-0.4, -0.2) is 26.7 Å². The van der Waals surface area contributed by atoms with E-state index in [1.54, 1.807) is 6.20 Å². The van der Waals surface area contributed by atoms with E-state index in [9.17, 15) is 9.90 Å². The van der Waals surface area contributed by atoms with Gasteiger partial charge < -0.3 is 5.11 Å². The number of aryl methyl sites for hydroxylation is 1. The van der Waals surface area contributed by atoms with Gasteiger partial charge in [0, 0.05) is 23.5 Å². The minimum Gasteiger partial charge on any atom is -0.465 e. The first kappa shape index (κ1) is 16.4. The van der Waals surface area contributed by atoms with E-state index >= 15 is 0 Å². The van der Waals surface area contributed by atoms with E-state index in [1.807, 2.05) is 58.2 Å². The van der Waals surface area contributed by atoms with Crippen molar-refractivity contribution in [3.05, 3.63) is 42.2 Å². The van der Waals surface area contributed by atoms with E-state index in [1.165, 1.54) is 16.2 Å². The summed E-state index contributed by atoms with van der Waals surface area (Å²) in [5.74, 6) is 0. The van der Waals surface area contributed by atoms with Crippen LogP contribution >= 0.6 is 11.3 Å². The topological polar surface area (TPSA) is 66.3 Å². The van der Waals surface area contributed by atoms with Crippen molar-refractivity contribution in [2.75, 3.05) is 4.90 Å². The molecule has 2 heterocycles. The predicted molar refractivity (Wildman–Crippen MR) is 97.8 cm³/mol. The maximum Gasteiger partial charge on any atom is 0.414 e. The number of rotatable bonds is 2. The highest BCUT2D eigenvalue weighted by Crippen LogP contribution is 2.35. The molecule has 1 aromatic carbocycles. The second-order valence-electron chi connectivity index (χ2n) is 6.66. The fourth-order valence-corrected chi connectivity index (χ4v) is 3.79. The summed E-state index contributed by atoms with van der Waals surface area (Å²) in [6, 6.07) is 7.95. The van der Waals surface area contributed by atoms with Crippen molar-refractivity contribution in [1.29, 1.82) is 0 Å². The van der Waals surface area contributed by atoms with Gasteiger partial charge in [-0.2, -0.15) is 0 Å². The quantitative estimate of drug-likeness (QED) is 0.716. The molecule has 0 atom stereocenters. The number of thiazole rings is 1. The van der Waals surface area contributed by atoms with Crippen LogP contribution in [0.3, 0.4) is 0 Å². The molecule has 0 fully saturated rings. The Hall–Kier alpha value is -2.47. The van der Waals surface area contributed by atoms with Gasteiger partial charge in [0.15, 0.2) is 5.13 Å². The number of anilines is 1. The minimum absolute atomic E-state index is 0.491. The number of carbonyl (C=O) groups is 1. The zero-order chi connectivity index (χ0) is 17.5.